The minimum atomic E-state index is 0.497. The molecule has 19 heavy (non-hydrogen) atoms. The van der Waals surface area contributed by atoms with E-state index in [0.717, 1.165) is 49.0 Å². The standard InChI is InChI=1S/C15H28N4/c1-7-10-16-14-12(5)15(18-13(6)17-14)19(9-3)11(4)8-2/h11H,7-10H2,1-6H3,(H,16,17,18). The monoisotopic (exact) mass is 264 g/mol. The third-order valence-corrected chi connectivity index (χ3v) is 3.51. The second-order valence-electron chi connectivity index (χ2n) is 5.04. The Morgan fingerprint density at radius 2 is 1.84 bits per heavy atom. The summed E-state index contributed by atoms with van der Waals surface area (Å²) in [4.78, 5) is 11.5. The van der Waals surface area contributed by atoms with Crippen molar-refractivity contribution in [3.05, 3.63) is 11.4 Å². The molecular formula is C15H28N4. The minimum Gasteiger partial charge on any atom is -0.370 e. The number of rotatable bonds is 7. The lowest BCUT2D eigenvalue weighted by atomic mass is 10.2. The maximum absolute atomic E-state index is 4.66. The topological polar surface area (TPSA) is 41.1 Å². The average molecular weight is 264 g/mol. The first kappa shape index (κ1) is 15.7. The van der Waals surface area contributed by atoms with Gasteiger partial charge >= 0.3 is 0 Å². The SMILES string of the molecule is CCCNc1nc(C)nc(N(CC)C(C)CC)c1C. The Morgan fingerprint density at radius 3 is 2.37 bits per heavy atom. The van der Waals surface area contributed by atoms with Gasteiger partial charge in [-0.15, -0.1) is 0 Å². The molecule has 0 bridgehead atoms. The summed E-state index contributed by atoms with van der Waals surface area (Å²) in [5.41, 5.74) is 1.15. The average Bonchev–Trinajstić information content (AvgIpc) is 2.40. The fourth-order valence-electron chi connectivity index (χ4n) is 2.20. The minimum absolute atomic E-state index is 0.497. The summed E-state index contributed by atoms with van der Waals surface area (Å²) in [6, 6.07) is 0.497. The maximum atomic E-state index is 4.66. The molecule has 1 atom stereocenters. The molecule has 0 radical (unpaired) electrons. The van der Waals surface area contributed by atoms with E-state index in [4.69, 9.17) is 0 Å². The largest absolute Gasteiger partial charge is 0.370 e. The molecule has 0 amide bonds. The van der Waals surface area contributed by atoms with Crippen LogP contribution >= 0.6 is 0 Å². The molecule has 0 aliphatic heterocycles. The van der Waals surface area contributed by atoms with Crippen LogP contribution in [0.2, 0.25) is 0 Å². The molecule has 4 heteroatoms. The predicted octanol–water partition coefficient (Wildman–Crippen LogP) is 3.54. The van der Waals surface area contributed by atoms with Crippen LogP contribution in [0.1, 0.15) is 51.9 Å². The number of aryl methyl sites for hydroxylation is 1. The van der Waals surface area contributed by atoms with E-state index < -0.39 is 0 Å². The highest BCUT2D eigenvalue weighted by atomic mass is 15.2. The highest BCUT2D eigenvalue weighted by Crippen LogP contribution is 2.25. The molecule has 0 saturated carbocycles. The highest BCUT2D eigenvalue weighted by Gasteiger charge is 2.18. The van der Waals surface area contributed by atoms with E-state index in [-0.39, 0.29) is 0 Å². The molecule has 1 N–H and O–H groups in total. The summed E-state index contributed by atoms with van der Waals surface area (Å²) in [6.45, 7) is 14.8. The zero-order valence-corrected chi connectivity index (χ0v) is 13.2. The first-order valence-electron chi connectivity index (χ1n) is 7.40. The number of nitrogens with zero attached hydrogens (tertiary/aromatic N) is 3. The summed E-state index contributed by atoms with van der Waals surface area (Å²) in [5, 5.41) is 3.40. The van der Waals surface area contributed by atoms with Crippen LogP contribution in [-0.4, -0.2) is 29.1 Å². The number of aromatic nitrogens is 2. The van der Waals surface area contributed by atoms with Crippen molar-refractivity contribution in [2.75, 3.05) is 23.3 Å². The smallest absolute Gasteiger partial charge is 0.137 e. The lowest BCUT2D eigenvalue weighted by Gasteiger charge is -2.30. The first-order valence-corrected chi connectivity index (χ1v) is 7.40. The Bertz CT molecular complexity index is 403. The zero-order chi connectivity index (χ0) is 14.4. The van der Waals surface area contributed by atoms with Crippen molar-refractivity contribution in [3.63, 3.8) is 0 Å². The molecule has 1 heterocycles. The van der Waals surface area contributed by atoms with Crippen molar-refractivity contribution < 1.29 is 0 Å². The van der Waals surface area contributed by atoms with Gasteiger partial charge in [-0.05, 0) is 40.5 Å². The quantitative estimate of drug-likeness (QED) is 0.818. The number of anilines is 2. The molecule has 0 fully saturated rings. The summed E-state index contributed by atoms with van der Waals surface area (Å²) in [6.07, 6.45) is 2.22. The Balaban J connectivity index is 3.14. The summed E-state index contributed by atoms with van der Waals surface area (Å²) >= 11 is 0. The van der Waals surface area contributed by atoms with Gasteiger partial charge in [0.25, 0.3) is 0 Å². The summed E-state index contributed by atoms with van der Waals surface area (Å²) < 4.78 is 0. The number of hydrogen-bond acceptors (Lipinski definition) is 4. The molecule has 1 aromatic rings. The van der Waals surface area contributed by atoms with Gasteiger partial charge < -0.3 is 10.2 Å². The molecular weight excluding hydrogens is 236 g/mol. The van der Waals surface area contributed by atoms with Crippen LogP contribution in [0.15, 0.2) is 0 Å². The van der Waals surface area contributed by atoms with E-state index in [1.807, 2.05) is 6.92 Å². The Morgan fingerprint density at radius 1 is 1.16 bits per heavy atom. The van der Waals surface area contributed by atoms with Crippen LogP contribution in [0.25, 0.3) is 0 Å². The predicted molar refractivity (Wildman–Crippen MR) is 83.1 cm³/mol. The van der Waals surface area contributed by atoms with Gasteiger partial charge in [0.15, 0.2) is 0 Å². The van der Waals surface area contributed by atoms with Crippen molar-refractivity contribution in [2.24, 2.45) is 0 Å². The summed E-state index contributed by atoms with van der Waals surface area (Å²) in [7, 11) is 0. The third-order valence-electron chi connectivity index (χ3n) is 3.51. The maximum Gasteiger partial charge on any atom is 0.137 e. The van der Waals surface area contributed by atoms with E-state index >= 15 is 0 Å². The lowest BCUT2D eigenvalue weighted by molar-refractivity contribution is 0.619. The second-order valence-corrected chi connectivity index (χ2v) is 5.04. The summed E-state index contributed by atoms with van der Waals surface area (Å²) in [5.74, 6) is 2.88. The van der Waals surface area contributed by atoms with Gasteiger partial charge in [-0.3, -0.25) is 0 Å². The fourth-order valence-corrected chi connectivity index (χ4v) is 2.20. The van der Waals surface area contributed by atoms with Crippen molar-refractivity contribution in [2.45, 2.75) is 60.4 Å². The molecule has 1 aromatic heterocycles. The van der Waals surface area contributed by atoms with Gasteiger partial charge in [0.05, 0.1) is 0 Å². The van der Waals surface area contributed by atoms with Gasteiger partial charge in [0.1, 0.15) is 17.5 Å². The van der Waals surface area contributed by atoms with E-state index in [2.05, 4.69) is 54.8 Å². The van der Waals surface area contributed by atoms with E-state index in [0.29, 0.717) is 6.04 Å². The van der Waals surface area contributed by atoms with Crippen LogP contribution < -0.4 is 10.2 Å². The van der Waals surface area contributed by atoms with Gasteiger partial charge in [-0.2, -0.15) is 0 Å². The lowest BCUT2D eigenvalue weighted by Crippen LogP contribution is -2.34. The molecule has 0 saturated heterocycles. The zero-order valence-electron chi connectivity index (χ0n) is 13.2. The van der Waals surface area contributed by atoms with Crippen LogP contribution in [0.5, 0.6) is 0 Å². The third kappa shape index (κ3) is 3.82. The number of hydrogen-bond donors (Lipinski definition) is 1. The Kier molecular flexibility index (Phi) is 6.06. The van der Waals surface area contributed by atoms with E-state index in [1.165, 1.54) is 0 Å². The van der Waals surface area contributed by atoms with Crippen LogP contribution in [0.3, 0.4) is 0 Å². The van der Waals surface area contributed by atoms with Crippen LogP contribution in [0, 0.1) is 13.8 Å². The molecule has 1 unspecified atom stereocenters. The first-order chi connectivity index (χ1) is 9.04. The van der Waals surface area contributed by atoms with E-state index in [1.54, 1.807) is 0 Å². The molecule has 0 aliphatic rings. The van der Waals surface area contributed by atoms with E-state index in [9.17, 15) is 0 Å². The van der Waals surface area contributed by atoms with Crippen molar-refractivity contribution in [1.29, 1.82) is 0 Å². The van der Waals surface area contributed by atoms with Gasteiger partial charge in [-0.25, -0.2) is 9.97 Å². The molecule has 0 aromatic carbocycles. The highest BCUT2D eigenvalue weighted by molar-refractivity contribution is 5.59. The molecule has 1 rings (SSSR count). The Hall–Kier alpha value is -1.32. The molecule has 4 nitrogen and oxygen atoms in total. The van der Waals surface area contributed by atoms with Gasteiger partial charge in [0.2, 0.25) is 0 Å². The normalized spacial score (nSPS) is 12.3. The van der Waals surface area contributed by atoms with Crippen LogP contribution in [0.4, 0.5) is 11.6 Å². The van der Waals surface area contributed by atoms with Gasteiger partial charge in [-0.1, -0.05) is 13.8 Å². The van der Waals surface area contributed by atoms with Gasteiger partial charge in [0, 0.05) is 24.7 Å². The molecule has 0 spiro atoms. The van der Waals surface area contributed by atoms with Crippen molar-refractivity contribution >= 4 is 11.6 Å². The fraction of sp³-hybridized carbons (Fsp3) is 0.733. The number of nitrogens with one attached hydrogen (secondary N) is 1. The van der Waals surface area contributed by atoms with Crippen molar-refractivity contribution in [1.82, 2.24) is 9.97 Å². The molecule has 0 aliphatic carbocycles. The second kappa shape index (κ2) is 7.31. The Labute approximate surface area is 117 Å². The molecule has 108 valence electrons. The van der Waals surface area contributed by atoms with Crippen molar-refractivity contribution in [3.8, 4) is 0 Å². The van der Waals surface area contributed by atoms with Crippen LogP contribution in [-0.2, 0) is 0 Å².